The smallest absolute Gasteiger partial charge is 0.343 e. The van der Waals surface area contributed by atoms with Crippen LogP contribution in [-0.4, -0.2) is 58.7 Å². The van der Waals surface area contributed by atoms with Crippen molar-refractivity contribution in [3.63, 3.8) is 0 Å². The molecule has 0 spiro atoms. The van der Waals surface area contributed by atoms with Gasteiger partial charge in [-0.25, -0.2) is 4.79 Å². The fourth-order valence-electron chi connectivity index (χ4n) is 3.26. The lowest BCUT2D eigenvalue weighted by Gasteiger charge is -2.09. The van der Waals surface area contributed by atoms with Gasteiger partial charge >= 0.3 is 11.9 Å². The van der Waals surface area contributed by atoms with Crippen molar-refractivity contribution >= 4 is 11.9 Å². The first kappa shape index (κ1) is 28.7. The van der Waals surface area contributed by atoms with Crippen molar-refractivity contribution in [1.82, 2.24) is 0 Å². The minimum absolute atomic E-state index is 0.141. The monoisotopic (exact) mass is 522 g/mol. The van der Waals surface area contributed by atoms with Crippen molar-refractivity contribution in [1.29, 1.82) is 0 Å². The van der Waals surface area contributed by atoms with Crippen LogP contribution in [0.2, 0.25) is 0 Å². The summed E-state index contributed by atoms with van der Waals surface area (Å²) in [6, 6.07) is 21.8. The Balaban J connectivity index is 1.31. The Bertz CT molecular complexity index is 1120. The van der Waals surface area contributed by atoms with Gasteiger partial charge in [-0.3, -0.25) is 4.79 Å². The summed E-state index contributed by atoms with van der Waals surface area (Å²) in [4.78, 5) is 23.8. The van der Waals surface area contributed by atoms with Gasteiger partial charge in [-0.2, -0.15) is 0 Å². The molecule has 0 N–H and O–H groups in total. The van der Waals surface area contributed by atoms with Gasteiger partial charge in [-0.1, -0.05) is 38.1 Å². The largest absolute Gasteiger partial charge is 0.497 e. The molecule has 3 rings (SSSR count). The Labute approximate surface area is 223 Å². The Morgan fingerprint density at radius 3 is 1.68 bits per heavy atom. The summed E-state index contributed by atoms with van der Waals surface area (Å²) in [5, 5.41) is 0. The van der Waals surface area contributed by atoms with Crippen LogP contribution in [0.15, 0.2) is 72.8 Å². The molecule has 0 aromatic heterocycles. The van der Waals surface area contributed by atoms with Crippen LogP contribution in [-0.2, 0) is 19.0 Å². The summed E-state index contributed by atoms with van der Waals surface area (Å²) in [7, 11) is 1.63. The Morgan fingerprint density at radius 1 is 0.632 bits per heavy atom. The van der Waals surface area contributed by atoms with E-state index in [1.54, 1.807) is 57.4 Å². The first-order valence-corrected chi connectivity index (χ1v) is 12.5. The van der Waals surface area contributed by atoms with Crippen LogP contribution in [0.25, 0.3) is 11.1 Å². The van der Waals surface area contributed by atoms with E-state index >= 15 is 0 Å². The highest BCUT2D eigenvalue weighted by atomic mass is 16.6. The molecule has 202 valence electrons. The van der Waals surface area contributed by atoms with Crippen LogP contribution in [0.1, 0.15) is 24.2 Å². The molecular weight excluding hydrogens is 488 g/mol. The number of ether oxygens (including phenoxy) is 6. The van der Waals surface area contributed by atoms with Gasteiger partial charge in [0, 0.05) is 0 Å². The fourth-order valence-corrected chi connectivity index (χ4v) is 3.26. The highest BCUT2D eigenvalue weighted by Crippen LogP contribution is 2.25. The van der Waals surface area contributed by atoms with E-state index in [1.165, 1.54) is 0 Å². The average Bonchev–Trinajstić information content (AvgIpc) is 2.94. The van der Waals surface area contributed by atoms with Crippen LogP contribution >= 0.6 is 0 Å². The van der Waals surface area contributed by atoms with Crippen molar-refractivity contribution in [2.24, 2.45) is 5.92 Å². The maximum Gasteiger partial charge on any atom is 0.343 e. The molecule has 3 aromatic rings. The van der Waals surface area contributed by atoms with Gasteiger partial charge in [0.15, 0.2) is 0 Å². The molecule has 8 heteroatoms. The average molecular weight is 523 g/mol. The van der Waals surface area contributed by atoms with Crippen LogP contribution in [0, 0.1) is 5.92 Å². The third-order valence-corrected chi connectivity index (χ3v) is 5.39. The number of carbonyl (C=O) groups excluding carboxylic acids is 2. The molecule has 3 aromatic carbocycles. The van der Waals surface area contributed by atoms with Crippen LogP contribution in [0.4, 0.5) is 0 Å². The third kappa shape index (κ3) is 9.53. The molecule has 0 heterocycles. The van der Waals surface area contributed by atoms with Crippen molar-refractivity contribution in [3.05, 3.63) is 78.4 Å². The van der Waals surface area contributed by atoms with E-state index in [4.69, 9.17) is 28.4 Å². The Morgan fingerprint density at radius 2 is 1.13 bits per heavy atom. The van der Waals surface area contributed by atoms with E-state index in [9.17, 15) is 9.59 Å². The standard InChI is InChI=1S/C30H34O8/c1-22(2)29(31)37-21-19-35-17-16-34-18-20-36-27-12-8-25(9-13-27)30(32)38-28-14-6-24(7-15-28)23-4-10-26(33-3)11-5-23/h4-15,22H,16-21H2,1-3H3. The molecule has 0 aliphatic rings. The van der Waals surface area contributed by atoms with Crippen molar-refractivity contribution in [3.8, 4) is 28.4 Å². The first-order valence-electron chi connectivity index (χ1n) is 12.5. The minimum atomic E-state index is -0.448. The number of esters is 2. The predicted molar refractivity (Wildman–Crippen MR) is 143 cm³/mol. The molecule has 0 atom stereocenters. The van der Waals surface area contributed by atoms with Crippen LogP contribution < -0.4 is 14.2 Å². The third-order valence-electron chi connectivity index (χ3n) is 5.39. The van der Waals surface area contributed by atoms with Gasteiger partial charge in [0.1, 0.15) is 30.5 Å². The number of hydrogen-bond donors (Lipinski definition) is 0. The van der Waals surface area contributed by atoms with Gasteiger partial charge < -0.3 is 28.4 Å². The molecule has 0 amide bonds. The second-order valence-corrected chi connectivity index (χ2v) is 8.56. The van der Waals surface area contributed by atoms with E-state index in [2.05, 4.69) is 0 Å². The van der Waals surface area contributed by atoms with Gasteiger partial charge in [-0.05, 0) is 59.7 Å². The number of rotatable bonds is 15. The zero-order valence-electron chi connectivity index (χ0n) is 22.0. The molecule has 0 aliphatic heterocycles. The molecule has 0 saturated carbocycles. The van der Waals surface area contributed by atoms with Crippen LogP contribution in [0.3, 0.4) is 0 Å². The summed E-state index contributed by atoms with van der Waals surface area (Å²) in [6.07, 6.45) is 0. The lowest BCUT2D eigenvalue weighted by molar-refractivity contribution is -0.149. The Hall–Kier alpha value is -3.88. The SMILES string of the molecule is COc1ccc(-c2ccc(OC(=O)c3ccc(OCCOCCOCCOC(=O)C(C)C)cc3)cc2)cc1. The quantitative estimate of drug-likeness (QED) is 0.153. The van der Waals surface area contributed by atoms with Gasteiger partial charge in [0.25, 0.3) is 0 Å². The Kier molecular flexibility index (Phi) is 11.6. The maximum absolute atomic E-state index is 12.5. The normalized spacial score (nSPS) is 10.7. The zero-order chi connectivity index (χ0) is 27.2. The number of hydrogen-bond acceptors (Lipinski definition) is 8. The molecule has 0 radical (unpaired) electrons. The minimum Gasteiger partial charge on any atom is -0.497 e. The summed E-state index contributed by atoms with van der Waals surface area (Å²) < 4.78 is 32.1. The summed E-state index contributed by atoms with van der Waals surface area (Å²) in [6.45, 7) is 5.70. The highest BCUT2D eigenvalue weighted by Gasteiger charge is 2.10. The molecular formula is C30H34O8. The number of benzene rings is 3. The van der Waals surface area contributed by atoms with Crippen molar-refractivity contribution in [2.45, 2.75) is 13.8 Å². The number of carbonyl (C=O) groups is 2. The predicted octanol–water partition coefficient (Wildman–Crippen LogP) is 5.19. The van der Waals surface area contributed by atoms with Gasteiger partial charge in [0.05, 0.1) is 45.0 Å². The fraction of sp³-hybridized carbons (Fsp3) is 0.333. The molecule has 38 heavy (non-hydrogen) atoms. The second-order valence-electron chi connectivity index (χ2n) is 8.56. The van der Waals surface area contributed by atoms with E-state index in [0.29, 0.717) is 50.1 Å². The second kappa shape index (κ2) is 15.4. The molecule has 0 unspecified atom stereocenters. The summed E-state index contributed by atoms with van der Waals surface area (Å²) >= 11 is 0. The number of methoxy groups -OCH3 is 1. The highest BCUT2D eigenvalue weighted by molar-refractivity contribution is 5.91. The first-order chi connectivity index (χ1) is 18.5. The maximum atomic E-state index is 12.5. The summed E-state index contributed by atoms with van der Waals surface area (Å²) in [5.74, 6) is 1.06. The molecule has 8 nitrogen and oxygen atoms in total. The van der Waals surface area contributed by atoms with Crippen molar-refractivity contribution in [2.75, 3.05) is 46.8 Å². The molecule has 0 fully saturated rings. The van der Waals surface area contributed by atoms with E-state index in [-0.39, 0.29) is 18.5 Å². The van der Waals surface area contributed by atoms with Crippen LogP contribution in [0.5, 0.6) is 17.2 Å². The van der Waals surface area contributed by atoms with E-state index in [0.717, 1.165) is 16.9 Å². The zero-order valence-corrected chi connectivity index (χ0v) is 22.0. The lowest BCUT2D eigenvalue weighted by atomic mass is 10.1. The molecule has 0 aliphatic carbocycles. The van der Waals surface area contributed by atoms with Gasteiger partial charge in [0.2, 0.25) is 0 Å². The molecule has 0 saturated heterocycles. The molecule has 0 bridgehead atoms. The summed E-state index contributed by atoms with van der Waals surface area (Å²) in [5.41, 5.74) is 2.47. The van der Waals surface area contributed by atoms with Gasteiger partial charge in [-0.15, -0.1) is 0 Å². The van der Waals surface area contributed by atoms with Crippen molar-refractivity contribution < 1.29 is 38.0 Å². The lowest BCUT2D eigenvalue weighted by Crippen LogP contribution is -2.16. The topological polar surface area (TPSA) is 89.5 Å². The van der Waals surface area contributed by atoms with E-state index < -0.39 is 5.97 Å². The van der Waals surface area contributed by atoms with E-state index in [1.807, 2.05) is 36.4 Å².